The van der Waals surface area contributed by atoms with Gasteiger partial charge in [-0.15, -0.1) is 11.3 Å². The van der Waals surface area contributed by atoms with Crippen LogP contribution in [-0.2, 0) is 0 Å². The lowest BCUT2D eigenvalue weighted by Crippen LogP contribution is -2.31. The minimum absolute atomic E-state index is 0.0300. The third kappa shape index (κ3) is 3.17. The standard InChI is InChI=1S/C9H8F2N2O2S/c1-5(4-12)13-8(14)7-6(2-3-16-7)15-9(10)11/h2-3,5,9H,1H3,(H,13,14)/t5-/m1/s1. The van der Waals surface area contributed by atoms with Crippen molar-refractivity contribution >= 4 is 17.2 Å². The molecular weight excluding hydrogens is 238 g/mol. The van der Waals surface area contributed by atoms with Gasteiger partial charge in [0.25, 0.3) is 5.91 Å². The van der Waals surface area contributed by atoms with Gasteiger partial charge in [0.1, 0.15) is 16.7 Å². The Morgan fingerprint density at radius 2 is 2.38 bits per heavy atom. The molecule has 86 valence electrons. The summed E-state index contributed by atoms with van der Waals surface area (Å²) >= 11 is 0.972. The Bertz CT molecular complexity index is 414. The van der Waals surface area contributed by atoms with E-state index in [1.54, 1.807) is 6.07 Å². The Kier molecular flexibility index (Phi) is 4.19. The van der Waals surface area contributed by atoms with E-state index in [9.17, 15) is 13.6 Å². The number of halogens is 2. The van der Waals surface area contributed by atoms with Crippen LogP contribution in [-0.4, -0.2) is 18.6 Å². The molecule has 1 heterocycles. The van der Waals surface area contributed by atoms with Gasteiger partial charge in [-0.2, -0.15) is 14.0 Å². The lowest BCUT2D eigenvalue weighted by Gasteiger charge is -2.07. The molecule has 0 fully saturated rings. The van der Waals surface area contributed by atoms with Crippen LogP contribution in [0.25, 0.3) is 0 Å². The predicted molar refractivity (Wildman–Crippen MR) is 53.5 cm³/mol. The van der Waals surface area contributed by atoms with Crippen molar-refractivity contribution in [1.29, 1.82) is 5.26 Å². The molecule has 0 aliphatic rings. The first kappa shape index (κ1) is 12.4. The Balaban J connectivity index is 2.76. The number of nitrogens with one attached hydrogen (secondary N) is 1. The second kappa shape index (κ2) is 5.42. The molecule has 0 saturated heterocycles. The van der Waals surface area contributed by atoms with Gasteiger partial charge in [-0.1, -0.05) is 0 Å². The number of thiophene rings is 1. The molecule has 1 atom stereocenters. The fourth-order valence-corrected chi connectivity index (χ4v) is 1.67. The summed E-state index contributed by atoms with van der Waals surface area (Å²) in [6.45, 7) is -1.49. The van der Waals surface area contributed by atoms with Gasteiger partial charge in [-0.05, 0) is 18.4 Å². The smallest absolute Gasteiger partial charge is 0.387 e. The van der Waals surface area contributed by atoms with Crippen LogP contribution >= 0.6 is 11.3 Å². The van der Waals surface area contributed by atoms with E-state index in [0.29, 0.717) is 0 Å². The zero-order valence-corrected chi connectivity index (χ0v) is 9.05. The van der Waals surface area contributed by atoms with E-state index in [2.05, 4.69) is 10.1 Å². The van der Waals surface area contributed by atoms with E-state index in [1.165, 1.54) is 18.4 Å². The zero-order chi connectivity index (χ0) is 12.1. The molecule has 0 radical (unpaired) electrons. The third-order valence-electron chi connectivity index (χ3n) is 1.59. The number of nitrogens with zero attached hydrogens (tertiary/aromatic N) is 1. The highest BCUT2D eigenvalue weighted by Crippen LogP contribution is 2.26. The summed E-state index contributed by atoms with van der Waals surface area (Å²) in [6, 6.07) is 2.40. The minimum Gasteiger partial charge on any atom is -0.433 e. The summed E-state index contributed by atoms with van der Waals surface area (Å²) in [5.74, 6) is -0.776. The number of alkyl halides is 2. The molecule has 1 rings (SSSR count). The molecule has 0 bridgehead atoms. The first-order chi connectivity index (χ1) is 7.54. The molecule has 1 amide bonds. The normalized spacial score (nSPS) is 11.9. The van der Waals surface area contributed by atoms with Crippen LogP contribution in [0.3, 0.4) is 0 Å². The molecule has 0 aromatic carbocycles. The van der Waals surface area contributed by atoms with E-state index < -0.39 is 18.6 Å². The summed E-state index contributed by atoms with van der Waals surface area (Å²) in [6.07, 6.45) is 0. The second-order valence-electron chi connectivity index (χ2n) is 2.82. The highest BCUT2D eigenvalue weighted by atomic mass is 32.1. The third-order valence-corrected chi connectivity index (χ3v) is 2.49. The fourth-order valence-electron chi connectivity index (χ4n) is 0.946. The molecule has 0 aliphatic heterocycles. The monoisotopic (exact) mass is 246 g/mol. The molecule has 1 aromatic heterocycles. The Morgan fingerprint density at radius 1 is 1.69 bits per heavy atom. The van der Waals surface area contributed by atoms with E-state index in [1.807, 2.05) is 0 Å². The highest BCUT2D eigenvalue weighted by Gasteiger charge is 2.18. The van der Waals surface area contributed by atoms with Crippen molar-refractivity contribution < 1.29 is 18.3 Å². The maximum absolute atomic E-state index is 12.0. The summed E-state index contributed by atoms with van der Waals surface area (Å²) in [7, 11) is 0. The lowest BCUT2D eigenvalue weighted by atomic mass is 10.3. The average molecular weight is 246 g/mol. The van der Waals surface area contributed by atoms with Gasteiger partial charge < -0.3 is 10.1 Å². The first-order valence-corrected chi connectivity index (χ1v) is 5.15. The SMILES string of the molecule is C[C@H](C#N)NC(=O)c1sccc1OC(F)F. The molecule has 1 N–H and O–H groups in total. The predicted octanol–water partition coefficient (Wildman–Crippen LogP) is 1.99. The van der Waals surface area contributed by atoms with Crippen LogP contribution in [0.2, 0.25) is 0 Å². The van der Waals surface area contributed by atoms with Gasteiger partial charge in [0.05, 0.1) is 6.07 Å². The van der Waals surface area contributed by atoms with Crippen molar-refractivity contribution in [3.63, 3.8) is 0 Å². The summed E-state index contributed by atoms with van der Waals surface area (Å²) in [5.41, 5.74) is 0. The van der Waals surface area contributed by atoms with Crippen LogP contribution in [0.5, 0.6) is 5.75 Å². The average Bonchev–Trinajstić information content (AvgIpc) is 2.64. The summed E-state index contributed by atoms with van der Waals surface area (Å²) in [5, 5.41) is 12.3. The maximum Gasteiger partial charge on any atom is 0.387 e. The van der Waals surface area contributed by atoms with Gasteiger partial charge in [0, 0.05) is 0 Å². The first-order valence-electron chi connectivity index (χ1n) is 4.27. The molecule has 0 saturated carbocycles. The molecule has 1 aromatic rings. The summed E-state index contributed by atoms with van der Waals surface area (Å²) in [4.78, 5) is 11.5. The second-order valence-corrected chi connectivity index (χ2v) is 3.73. The molecule has 0 spiro atoms. The van der Waals surface area contributed by atoms with Crippen molar-refractivity contribution in [2.75, 3.05) is 0 Å². The van der Waals surface area contributed by atoms with Crippen LogP contribution in [0.15, 0.2) is 11.4 Å². The van der Waals surface area contributed by atoms with Gasteiger partial charge in [0.15, 0.2) is 0 Å². The fraction of sp³-hybridized carbons (Fsp3) is 0.333. The van der Waals surface area contributed by atoms with Gasteiger partial charge >= 0.3 is 6.61 Å². The number of ether oxygens (including phenoxy) is 1. The molecule has 16 heavy (non-hydrogen) atoms. The highest BCUT2D eigenvalue weighted by molar-refractivity contribution is 7.12. The van der Waals surface area contributed by atoms with Crippen molar-refractivity contribution in [3.8, 4) is 11.8 Å². The van der Waals surface area contributed by atoms with Crippen LogP contribution in [0, 0.1) is 11.3 Å². The van der Waals surface area contributed by atoms with Crippen LogP contribution < -0.4 is 10.1 Å². The van der Waals surface area contributed by atoms with E-state index in [-0.39, 0.29) is 10.6 Å². The summed E-state index contributed by atoms with van der Waals surface area (Å²) < 4.78 is 28.1. The van der Waals surface area contributed by atoms with Crippen LogP contribution in [0.1, 0.15) is 16.6 Å². The molecule has 0 aliphatic carbocycles. The quantitative estimate of drug-likeness (QED) is 0.883. The minimum atomic E-state index is -2.98. The molecular formula is C9H8F2N2O2S. The Labute approximate surface area is 94.4 Å². The topological polar surface area (TPSA) is 62.1 Å². The van der Waals surface area contributed by atoms with Crippen molar-refractivity contribution in [1.82, 2.24) is 5.32 Å². The van der Waals surface area contributed by atoms with E-state index in [0.717, 1.165) is 11.3 Å². The lowest BCUT2D eigenvalue weighted by molar-refractivity contribution is -0.0498. The van der Waals surface area contributed by atoms with E-state index >= 15 is 0 Å². The number of nitriles is 1. The number of rotatable bonds is 4. The van der Waals surface area contributed by atoms with Crippen molar-refractivity contribution in [2.45, 2.75) is 19.6 Å². The van der Waals surface area contributed by atoms with Crippen molar-refractivity contribution in [3.05, 3.63) is 16.3 Å². The van der Waals surface area contributed by atoms with Crippen molar-refractivity contribution in [2.24, 2.45) is 0 Å². The zero-order valence-electron chi connectivity index (χ0n) is 8.24. The van der Waals surface area contributed by atoms with Crippen LogP contribution in [0.4, 0.5) is 8.78 Å². The largest absolute Gasteiger partial charge is 0.433 e. The maximum atomic E-state index is 12.0. The number of amides is 1. The number of carbonyl (C=O) groups is 1. The number of hydrogen-bond donors (Lipinski definition) is 1. The van der Waals surface area contributed by atoms with E-state index in [4.69, 9.17) is 5.26 Å². The van der Waals surface area contributed by atoms with Gasteiger partial charge in [-0.3, -0.25) is 4.79 Å². The van der Waals surface area contributed by atoms with Gasteiger partial charge in [0.2, 0.25) is 0 Å². The molecule has 7 heteroatoms. The Morgan fingerprint density at radius 3 is 2.94 bits per heavy atom. The van der Waals surface area contributed by atoms with Gasteiger partial charge in [-0.25, -0.2) is 0 Å². The molecule has 0 unspecified atom stereocenters. The number of hydrogen-bond acceptors (Lipinski definition) is 4. The Hall–Kier alpha value is -1.68. The molecule has 4 nitrogen and oxygen atoms in total. The number of carbonyl (C=O) groups excluding carboxylic acids is 1.